The van der Waals surface area contributed by atoms with Gasteiger partial charge in [0, 0.05) is 12.0 Å². The number of alkyl carbamates (subject to hydrolysis) is 1. The van der Waals surface area contributed by atoms with Gasteiger partial charge in [-0.2, -0.15) is 0 Å². The van der Waals surface area contributed by atoms with Gasteiger partial charge in [-0.15, -0.1) is 0 Å². The van der Waals surface area contributed by atoms with Crippen molar-refractivity contribution in [2.45, 2.75) is 69.7 Å². The third-order valence-corrected chi connectivity index (χ3v) is 9.38. The van der Waals surface area contributed by atoms with E-state index in [0.717, 1.165) is 33.4 Å². The number of aliphatic hydroxyl groups is 1. The predicted molar refractivity (Wildman–Crippen MR) is 189 cm³/mol. The van der Waals surface area contributed by atoms with Crippen LogP contribution in [0.1, 0.15) is 54.9 Å². The lowest BCUT2D eigenvalue weighted by Crippen LogP contribution is -2.54. The number of carboxylic acid groups (broad SMARTS) is 1. The molecule has 0 saturated heterocycles. The molecule has 49 heavy (non-hydrogen) atoms. The van der Waals surface area contributed by atoms with E-state index in [2.05, 4.69) is 40.2 Å². The summed E-state index contributed by atoms with van der Waals surface area (Å²) < 4.78 is 5.84. The molecule has 256 valence electrons. The first-order valence-corrected chi connectivity index (χ1v) is 16.9. The van der Waals surface area contributed by atoms with Crippen molar-refractivity contribution in [2.24, 2.45) is 5.92 Å². The maximum absolute atomic E-state index is 13.5. The zero-order chi connectivity index (χ0) is 34.8. The lowest BCUT2D eigenvalue weighted by atomic mass is 9.92. The first-order valence-electron chi connectivity index (χ1n) is 16.9. The first kappa shape index (κ1) is 35.2. The van der Waals surface area contributed by atoms with Crippen LogP contribution in [-0.2, 0) is 22.4 Å². The summed E-state index contributed by atoms with van der Waals surface area (Å²) in [7, 11) is 0. The van der Waals surface area contributed by atoms with Crippen molar-refractivity contribution in [3.8, 4) is 11.1 Å². The Hall–Kier alpha value is -5.15. The highest BCUT2D eigenvalue weighted by Gasteiger charge is 2.32. The minimum absolute atomic E-state index is 0.0993. The number of amides is 3. The van der Waals surface area contributed by atoms with Crippen molar-refractivity contribution in [3.05, 3.63) is 131 Å². The highest BCUT2D eigenvalue weighted by atomic mass is 16.5. The third-order valence-electron chi connectivity index (χ3n) is 9.38. The first-order chi connectivity index (χ1) is 23.7. The van der Waals surface area contributed by atoms with Crippen LogP contribution in [0.5, 0.6) is 0 Å². The Morgan fingerprint density at radius 2 is 1.27 bits per heavy atom. The highest BCUT2D eigenvalue weighted by Crippen LogP contribution is 2.44. The SMILES string of the molecule is CC[C@H](C)[C@H](NC(=O)O)C(=O)N[C@@H](Cc1ccccc1)C[C@H](O)[C@H](Cc1ccccc1)NC(=O)OCC1c2ccccc2-c2ccccc21. The molecule has 0 unspecified atom stereocenters. The number of fused-ring (bicyclic) bond motifs is 3. The van der Waals surface area contributed by atoms with Crippen LogP contribution in [-0.4, -0.2) is 59.1 Å². The normalized spacial score (nSPS) is 15.1. The van der Waals surface area contributed by atoms with Gasteiger partial charge >= 0.3 is 12.2 Å². The highest BCUT2D eigenvalue weighted by molar-refractivity contribution is 5.85. The molecule has 0 aromatic heterocycles. The van der Waals surface area contributed by atoms with Crippen LogP contribution in [0.4, 0.5) is 9.59 Å². The number of nitrogens with one attached hydrogen (secondary N) is 3. The average Bonchev–Trinajstić information content (AvgIpc) is 3.43. The largest absolute Gasteiger partial charge is 0.465 e. The van der Waals surface area contributed by atoms with Crippen LogP contribution in [0.2, 0.25) is 0 Å². The number of hydrogen-bond acceptors (Lipinski definition) is 5. The monoisotopic (exact) mass is 663 g/mol. The Morgan fingerprint density at radius 1 is 0.735 bits per heavy atom. The van der Waals surface area contributed by atoms with E-state index in [-0.39, 0.29) is 24.9 Å². The summed E-state index contributed by atoms with van der Waals surface area (Å²) in [4.78, 5) is 38.4. The predicted octanol–water partition coefficient (Wildman–Crippen LogP) is 6.30. The van der Waals surface area contributed by atoms with E-state index < -0.39 is 42.3 Å². The fourth-order valence-corrected chi connectivity index (χ4v) is 6.62. The summed E-state index contributed by atoms with van der Waals surface area (Å²) in [5, 5.41) is 29.4. The molecule has 5 rings (SSSR count). The van der Waals surface area contributed by atoms with Crippen LogP contribution < -0.4 is 16.0 Å². The van der Waals surface area contributed by atoms with Crippen molar-refractivity contribution in [1.29, 1.82) is 0 Å². The number of aliphatic hydroxyl groups excluding tert-OH is 1. The second kappa shape index (κ2) is 16.8. The molecular formula is C40H45N3O6. The Bertz CT molecular complexity index is 1650. The van der Waals surface area contributed by atoms with Gasteiger partial charge in [-0.1, -0.05) is 129 Å². The Balaban J connectivity index is 1.32. The molecule has 0 fully saturated rings. The van der Waals surface area contributed by atoms with Crippen LogP contribution >= 0.6 is 0 Å². The lowest BCUT2D eigenvalue weighted by Gasteiger charge is -2.30. The van der Waals surface area contributed by atoms with Gasteiger partial charge in [0.1, 0.15) is 12.6 Å². The minimum Gasteiger partial charge on any atom is -0.465 e. The molecule has 0 saturated carbocycles. The molecule has 9 heteroatoms. The maximum Gasteiger partial charge on any atom is 0.407 e. The molecule has 1 aliphatic carbocycles. The molecule has 5 atom stereocenters. The van der Waals surface area contributed by atoms with Gasteiger partial charge < -0.3 is 30.9 Å². The standard InChI is InChI=1S/C40H45N3O6/c1-3-26(2)37(43-39(46)47)38(45)41-29(22-27-14-6-4-7-15-27)24-36(44)35(23-28-16-8-5-9-17-28)42-40(48)49-25-34-32-20-12-10-18-30(32)31-19-11-13-21-33(31)34/h4-21,26,29,34-37,43-44H,3,22-25H2,1-2H3,(H,41,45)(H,42,48)(H,46,47)/t26-,29-,35-,36-,37-/m0/s1. The van der Waals surface area contributed by atoms with E-state index >= 15 is 0 Å². The summed E-state index contributed by atoms with van der Waals surface area (Å²) >= 11 is 0. The van der Waals surface area contributed by atoms with Crippen molar-refractivity contribution in [2.75, 3.05) is 6.61 Å². The van der Waals surface area contributed by atoms with E-state index in [1.165, 1.54) is 0 Å². The van der Waals surface area contributed by atoms with Crippen molar-refractivity contribution < 1.29 is 29.3 Å². The van der Waals surface area contributed by atoms with Gasteiger partial charge in [-0.05, 0) is 58.6 Å². The van der Waals surface area contributed by atoms with Gasteiger partial charge in [0.15, 0.2) is 0 Å². The molecule has 0 heterocycles. The topological polar surface area (TPSA) is 137 Å². The summed E-state index contributed by atoms with van der Waals surface area (Å²) in [6.45, 7) is 3.84. The van der Waals surface area contributed by atoms with Gasteiger partial charge in [0.2, 0.25) is 5.91 Å². The number of hydrogen-bond donors (Lipinski definition) is 5. The third kappa shape index (κ3) is 9.27. The van der Waals surface area contributed by atoms with Gasteiger partial charge in [-0.25, -0.2) is 9.59 Å². The molecule has 5 N–H and O–H groups in total. The Morgan fingerprint density at radius 3 is 1.82 bits per heavy atom. The van der Waals surface area contributed by atoms with E-state index in [1.807, 2.05) is 98.8 Å². The number of benzene rings is 4. The van der Waals surface area contributed by atoms with E-state index in [9.17, 15) is 24.6 Å². The van der Waals surface area contributed by atoms with E-state index in [0.29, 0.717) is 19.3 Å². The summed E-state index contributed by atoms with van der Waals surface area (Å²) in [5.74, 6) is -0.826. The van der Waals surface area contributed by atoms with Gasteiger partial charge in [0.25, 0.3) is 0 Å². The summed E-state index contributed by atoms with van der Waals surface area (Å²) in [5.41, 5.74) is 6.32. The Kier molecular flexibility index (Phi) is 12.1. The van der Waals surface area contributed by atoms with Crippen LogP contribution in [0.25, 0.3) is 11.1 Å². The quantitative estimate of drug-likeness (QED) is 0.101. The van der Waals surface area contributed by atoms with Crippen molar-refractivity contribution >= 4 is 18.1 Å². The fourth-order valence-electron chi connectivity index (χ4n) is 6.62. The van der Waals surface area contributed by atoms with Crippen LogP contribution in [0, 0.1) is 5.92 Å². The second-order valence-electron chi connectivity index (χ2n) is 12.8. The molecule has 0 spiro atoms. The smallest absolute Gasteiger partial charge is 0.407 e. The summed E-state index contributed by atoms with van der Waals surface area (Å²) in [6, 6.07) is 33.1. The molecule has 0 bridgehead atoms. The fraction of sp³-hybridized carbons (Fsp3) is 0.325. The van der Waals surface area contributed by atoms with Crippen molar-refractivity contribution in [3.63, 3.8) is 0 Å². The molecule has 4 aromatic rings. The maximum atomic E-state index is 13.5. The average molecular weight is 664 g/mol. The molecule has 0 aliphatic heterocycles. The zero-order valence-electron chi connectivity index (χ0n) is 27.9. The van der Waals surface area contributed by atoms with Gasteiger partial charge in [-0.3, -0.25) is 4.79 Å². The molecule has 0 radical (unpaired) electrons. The molecule has 3 amide bonds. The second-order valence-corrected chi connectivity index (χ2v) is 12.8. The van der Waals surface area contributed by atoms with Crippen LogP contribution in [0.15, 0.2) is 109 Å². The minimum atomic E-state index is -1.28. The molecule has 4 aromatic carbocycles. The molecule has 1 aliphatic rings. The molecular weight excluding hydrogens is 618 g/mol. The zero-order valence-corrected chi connectivity index (χ0v) is 27.9. The summed E-state index contributed by atoms with van der Waals surface area (Å²) in [6.07, 6.45) is -1.59. The van der Waals surface area contributed by atoms with Gasteiger partial charge in [0.05, 0.1) is 12.1 Å². The molecule has 9 nitrogen and oxygen atoms in total. The van der Waals surface area contributed by atoms with E-state index in [1.54, 1.807) is 0 Å². The number of rotatable bonds is 15. The lowest BCUT2D eigenvalue weighted by molar-refractivity contribution is -0.125. The number of ether oxygens (including phenoxy) is 1. The van der Waals surface area contributed by atoms with Crippen molar-refractivity contribution in [1.82, 2.24) is 16.0 Å². The Labute approximate surface area is 287 Å². The number of carbonyl (C=O) groups is 3. The van der Waals surface area contributed by atoms with Crippen LogP contribution in [0.3, 0.4) is 0 Å². The number of carbonyl (C=O) groups excluding carboxylic acids is 2. The van der Waals surface area contributed by atoms with E-state index in [4.69, 9.17) is 4.74 Å².